The smallest absolute Gasteiger partial charge is 0.267 e. The molecule has 1 unspecified atom stereocenters. The third kappa shape index (κ3) is 2.92. The molecule has 1 aliphatic heterocycles. The van der Waals surface area contributed by atoms with E-state index in [9.17, 15) is 18.0 Å². The fourth-order valence-electron chi connectivity index (χ4n) is 3.18. The van der Waals surface area contributed by atoms with E-state index in [0.717, 1.165) is 12.8 Å². The van der Waals surface area contributed by atoms with E-state index < -0.39 is 10.0 Å². The van der Waals surface area contributed by atoms with E-state index in [0.29, 0.717) is 12.1 Å². The van der Waals surface area contributed by atoms with Crippen molar-refractivity contribution in [2.75, 3.05) is 13.6 Å². The van der Waals surface area contributed by atoms with Gasteiger partial charge in [-0.2, -0.15) is 4.31 Å². The minimum absolute atomic E-state index is 0.110. The predicted molar refractivity (Wildman–Crippen MR) is 83.4 cm³/mol. The van der Waals surface area contributed by atoms with Crippen LogP contribution in [0, 0.1) is 5.92 Å². The number of sulfonamides is 1. The summed E-state index contributed by atoms with van der Waals surface area (Å²) in [5, 5.41) is 2.50. The molecule has 1 aliphatic carbocycles. The molecule has 7 nitrogen and oxygen atoms in total. The van der Waals surface area contributed by atoms with Crippen LogP contribution in [0.15, 0.2) is 17.2 Å². The first-order valence-corrected chi connectivity index (χ1v) is 9.20. The number of ketones is 1. The Morgan fingerprint density at radius 1 is 1.35 bits per heavy atom. The zero-order chi connectivity index (χ0) is 16.8. The lowest BCUT2D eigenvalue weighted by Gasteiger charge is -2.33. The Balaban J connectivity index is 1.94. The van der Waals surface area contributed by atoms with Crippen molar-refractivity contribution in [1.82, 2.24) is 14.2 Å². The van der Waals surface area contributed by atoms with Gasteiger partial charge in [0.2, 0.25) is 10.0 Å². The van der Waals surface area contributed by atoms with E-state index in [-0.39, 0.29) is 41.5 Å². The van der Waals surface area contributed by atoms with Crippen molar-refractivity contribution in [2.24, 2.45) is 13.0 Å². The second-order valence-corrected chi connectivity index (χ2v) is 8.15. The monoisotopic (exact) mass is 339 g/mol. The van der Waals surface area contributed by atoms with Crippen molar-refractivity contribution in [2.45, 2.75) is 36.6 Å². The van der Waals surface area contributed by atoms with Gasteiger partial charge in [-0.25, -0.2) is 8.42 Å². The molecule has 8 heteroatoms. The summed E-state index contributed by atoms with van der Waals surface area (Å²) in [6, 6.07) is 1.17. The molecule has 0 spiro atoms. The van der Waals surface area contributed by atoms with Gasteiger partial charge in [0.25, 0.3) is 5.91 Å². The summed E-state index contributed by atoms with van der Waals surface area (Å²) < 4.78 is 28.9. The number of carbonyl (C=O) groups is 2. The minimum Gasteiger partial charge on any atom is -0.354 e. The quantitative estimate of drug-likeness (QED) is 0.866. The summed E-state index contributed by atoms with van der Waals surface area (Å²) in [4.78, 5) is 23.6. The average Bonchev–Trinajstić information content (AvgIpc) is 3.28. The molecular weight excluding hydrogens is 318 g/mol. The standard InChI is InChI=1S/C15H21N3O4S/c1-16-15(20)14-8-12(9-17(14)2)23(21,22)18-6-5-11(19)7-13(18)10-3-4-10/h8-10,13H,3-7H2,1-2H3,(H,16,20). The molecule has 126 valence electrons. The largest absolute Gasteiger partial charge is 0.354 e. The molecule has 3 rings (SSSR count). The van der Waals surface area contributed by atoms with Crippen LogP contribution in [0.25, 0.3) is 0 Å². The van der Waals surface area contributed by atoms with Gasteiger partial charge in [0, 0.05) is 45.7 Å². The molecule has 1 aromatic rings. The Morgan fingerprint density at radius 3 is 2.65 bits per heavy atom. The highest BCUT2D eigenvalue weighted by Crippen LogP contribution is 2.40. The first-order valence-electron chi connectivity index (χ1n) is 7.76. The number of nitrogens with one attached hydrogen (secondary N) is 1. The van der Waals surface area contributed by atoms with Crippen LogP contribution in [0.2, 0.25) is 0 Å². The number of hydrogen-bond donors (Lipinski definition) is 1. The van der Waals surface area contributed by atoms with Gasteiger partial charge in [-0.1, -0.05) is 0 Å². The number of nitrogens with zero attached hydrogens (tertiary/aromatic N) is 2. The molecule has 23 heavy (non-hydrogen) atoms. The zero-order valence-electron chi connectivity index (χ0n) is 13.3. The Morgan fingerprint density at radius 2 is 2.04 bits per heavy atom. The summed E-state index contributed by atoms with van der Waals surface area (Å²) in [5.41, 5.74) is 0.294. The van der Waals surface area contributed by atoms with Gasteiger partial charge in [0.05, 0.1) is 0 Å². The molecule has 1 saturated carbocycles. The Kier molecular flexibility index (Phi) is 4.05. The van der Waals surface area contributed by atoms with Crippen LogP contribution in [-0.2, 0) is 21.9 Å². The molecule has 1 aromatic heterocycles. The highest BCUT2D eigenvalue weighted by molar-refractivity contribution is 7.89. The van der Waals surface area contributed by atoms with E-state index in [4.69, 9.17) is 0 Å². The number of aryl methyl sites for hydroxylation is 1. The lowest BCUT2D eigenvalue weighted by Crippen LogP contribution is -2.47. The number of rotatable bonds is 4. The van der Waals surface area contributed by atoms with Crippen LogP contribution in [0.5, 0.6) is 0 Å². The van der Waals surface area contributed by atoms with E-state index >= 15 is 0 Å². The average molecular weight is 339 g/mol. The normalized spacial score (nSPS) is 23.0. The fourth-order valence-corrected chi connectivity index (χ4v) is 4.94. The molecule has 2 aliphatic rings. The Hall–Kier alpha value is -1.67. The number of Topliss-reactive ketones (excluding diaryl/α,β-unsaturated/α-hetero) is 1. The summed E-state index contributed by atoms with van der Waals surface area (Å²) in [6.45, 7) is 0.229. The van der Waals surface area contributed by atoms with Crippen LogP contribution < -0.4 is 5.32 Å². The summed E-state index contributed by atoms with van der Waals surface area (Å²) in [7, 11) is -0.559. The van der Waals surface area contributed by atoms with Gasteiger partial charge in [-0.15, -0.1) is 0 Å². The molecular formula is C15H21N3O4S. The number of piperidine rings is 1. The van der Waals surface area contributed by atoms with Crippen molar-refractivity contribution in [1.29, 1.82) is 0 Å². The SMILES string of the molecule is CNC(=O)c1cc(S(=O)(=O)N2CCC(=O)CC2C2CC2)cn1C. The maximum Gasteiger partial charge on any atom is 0.267 e. The first-order chi connectivity index (χ1) is 10.8. The van der Waals surface area contributed by atoms with Gasteiger partial charge in [0.15, 0.2) is 0 Å². The molecule has 1 saturated heterocycles. The minimum atomic E-state index is -3.70. The van der Waals surface area contributed by atoms with E-state index in [2.05, 4.69) is 5.32 Å². The van der Waals surface area contributed by atoms with Crippen molar-refractivity contribution in [3.63, 3.8) is 0 Å². The molecule has 2 fully saturated rings. The maximum absolute atomic E-state index is 13.0. The van der Waals surface area contributed by atoms with Crippen molar-refractivity contribution in [3.05, 3.63) is 18.0 Å². The van der Waals surface area contributed by atoms with Crippen LogP contribution in [0.3, 0.4) is 0 Å². The Bertz CT molecular complexity index is 749. The lowest BCUT2D eigenvalue weighted by atomic mass is 10.00. The molecule has 1 atom stereocenters. The third-order valence-electron chi connectivity index (χ3n) is 4.63. The summed E-state index contributed by atoms with van der Waals surface area (Å²) >= 11 is 0. The molecule has 0 bridgehead atoms. The Labute approximate surface area is 135 Å². The number of carbonyl (C=O) groups excluding carboxylic acids is 2. The maximum atomic E-state index is 13.0. The summed E-state index contributed by atoms with van der Waals surface area (Å²) in [5.74, 6) is 0.0881. The molecule has 1 amide bonds. The van der Waals surface area contributed by atoms with Crippen molar-refractivity contribution < 1.29 is 18.0 Å². The molecule has 1 N–H and O–H groups in total. The van der Waals surface area contributed by atoms with Crippen LogP contribution >= 0.6 is 0 Å². The number of amides is 1. The topological polar surface area (TPSA) is 88.5 Å². The first kappa shape index (κ1) is 16.2. The highest BCUT2D eigenvalue weighted by Gasteiger charge is 2.44. The predicted octanol–water partition coefficient (Wildman–Crippen LogP) is 0.517. The fraction of sp³-hybridized carbons (Fsp3) is 0.600. The van der Waals surface area contributed by atoms with Crippen LogP contribution in [0.1, 0.15) is 36.2 Å². The van der Waals surface area contributed by atoms with E-state index in [1.54, 1.807) is 7.05 Å². The van der Waals surface area contributed by atoms with Crippen molar-refractivity contribution >= 4 is 21.7 Å². The lowest BCUT2D eigenvalue weighted by molar-refractivity contribution is -0.122. The highest BCUT2D eigenvalue weighted by atomic mass is 32.2. The second kappa shape index (κ2) is 5.76. The molecule has 2 heterocycles. The third-order valence-corrected chi connectivity index (χ3v) is 6.52. The number of aromatic nitrogens is 1. The molecule has 0 radical (unpaired) electrons. The zero-order valence-corrected chi connectivity index (χ0v) is 14.1. The second-order valence-electron chi connectivity index (χ2n) is 6.26. The number of hydrogen-bond acceptors (Lipinski definition) is 4. The van der Waals surface area contributed by atoms with Crippen molar-refractivity contribution in [3.8, 4) is 0 Å². The van der Waals surface area contributed by atoms with Gasteiger partial charge >= 0.3 is 0 Å². The van der Waals surface area contributed by atoms with E-state index in [1.807, 2.05) is 0 Å². The van der Waals surface area contributed by atoms with Crippen LogP contribution in [0.4, 0.5) is 0 Å². The van der Waals surface area contributed by atoms with Crippen LogP contribution in [-0.4, -0.2) is 48.6 Å². The summed E-state index contributed by atoms with van der Waals surface area (Å²) in [6.07, 6.45) is 3.97. The molecule has 0 aromatic carbocycles. The van der Waals surface area contributed by atoms with E-state index in [1.165, 1.54) is 28.2 Å². The van der Waals surface area contributed by atoms with Gasteiger partial charge in [-0.05, 0) is 24.8 Å². The van der Waals surface area contributed by atoms with Gasteiger partial charge in [0.1, 0.15) is 16.4 Å². The van der Waals surface area contributed by atoms with Gasteiger partial charge < -0.3 is 9.88 Å². The van der Waals surface area contributed by atoms with Gasteiger partial charge in [-0.3, -0.25) is 9.59 Å².